The van der Waals surface area contributed by atoms with Crippen molar-refractivity contribution in [3.05, 3.63) is 97.5 Å². The number of carbonyl (C=O) groups is 1. The third kappa shape index (κ3) is 4.62. The Morgan fingerprint density at radius 3 is 2.65 bits per heavy atom. The van der Waals surface area contributed by atoms with Crippen molar-refractivity contribution < 1.29 is 9.72 Å². The van der Waals surface area contributed by atoms with Crippen molar-refractivity contribution in [2.24, 2.45) is 0 Å². The van der Waals surface area contributed by atoms with E-state index in [1.54, 1.807) is 30.4 Å². The predicted molar refractivity (Wildman–Crippen MR) is 124 cm³/mol. The maximum Gasteiger partial charge on any atom is 0.272 e. The fraction of sp³-hybridized carbons (Fsp3) is 0.167. The number of nitro groups is 1. The molecule has 31 heavy (non-hydrogen) atoms. The standard InChI is InChI=1S/C24H21N3O3S/c1-15-12-19(10-11-21(15)27(29)30)26-23(28)14-22-16(2)25-24(31-22)13-18-8-5-7-17-6-3-4-9-20(17)18/h3-12H,13-14H2,1-2H3,(H,26,28). The summed E-state index contributed by atoms with van der Waals surface area (Å²) in [6.07, 6.45) is 0.936. The van der Waals surface area contributed by atoms with Crippen LogP contribution in [0.15, 0.2) is 60.7 Å². The Morgan fingerprint density at radius 1 is 1.10 bits per heavy atom. The number of anilines is 1. The number of nitro benzene ring substituents is 1. The Morgan fingerprint density at radius 2 is 1.87 bits per heavy atom. The summed E-state index contributed by atoms with van der Waals surface area (Å²) in [5, 5.41) is 17.2. The number of nitrogens with zero attached hydrogens (tertiary/aromatic N) is 2. The molecule has 0 fully saturated rings. The van der Waals surface area contributed by atoms with E-state index in [0.717, 1.165) is 22.0 Å². The number of nitrogens with one attached hydrogen (secondary N) is 1. The predicted octanol–water partition coefficient (Wildman–Crippen LogP) is 5.59. The van der Waals surface area contributed by atoms with Gasteiger partial charge in [-0.25, -0.2) is 4.98 Å². The number of aryl methyl sites for hydroxylation is 2. The number of aromatic nitrogens is 1. The van der Waals surface area contributed by atoms with Gasteiger partial charge in [-0.1, -0.05) is 42.5 Å². The first-order valence-corrected chi connectivity index (χ1v) is 10.7. The maximum atomic E-state index is 12.5. The molecule has 3 aromatic carbocycles. The van der Waals surface area contributed by atoms with E-state index in [-0.39, 0.29) is 18.0 Å². The maximum absolute atomic E-state index is 12.5. The number of benzene rings is 3. The van der Waals surface area contributed by atoms with Gasteiger partial charge < -0.3 is 5.32 Å². The number of thiazole rings is 1. The fourth-order valence-electron chi connectivity index (χ4n) is 3.63. The van der Waals surface area contributed by atoms with Gasteiger partial charge in [0.1, 0.15) is 0 Å². The quantitative estimate of drug-likeness (QED) is 0.318. The summed E-state index contributed by atoms with van der Waals surface area (Å²) in [5.41, 5.74) is 3.16. The number of amides is 1. The molecule has 1 N–H and O–H groups in total. The molecule has 0 aliphatic rings. The van der Waals surface area contributed by atoms with Crippen LogP contribution in [0, 0.1) is 24.0 Å². The van der Waals surface area contributed by atoms with Crippen LogP contribution in [0.2, 0.25) is 0 Å². The van der Waals surface area contributed by atoms with E-state index < -0.39 is 4.92 Å². The smallest absolute Gasteiger partial charge is 0.272 e. The van der Waals surface area contributed by atoms with Crippen molar-refractivity contribution in [2.75, 3.05) is 5.32 Å². The van der Waals surface area contributed by atoms with Crippen LogP contribution in [0.1, 0.15) is 26.7 Å². The highest BCUT2D eigenvalue weighted by atomic mass is 32.1. The monoisotopic (exact) mass is 431 g/mol. The van der Waals surface area contributed by atoms with Crippen LogP contribution in [0.5, 0.6) is 0 Å². The molecular weight excluding hydrogens is 410 g/mol. The zero-order valence-corrected chi connectivity index (χ0v) is 18.0. The van der Waals surface area contributed by atoms with Crippen molar-refractivity contribution in [1.82, 2.24) is 4.98 Å². The fourth-order valence-corrected chi connectivity index (χ4v) is 4.72. The molecule has 0 atom stereocenters. The zero-order valence-electron chi connectivity index (χ0n) is 17.2. The number of rotatable bonds is 6. The SMILES string of the molecule is Cc1cc(NC(=O)Cc2sc(Cc3cccc4ccccc34)nc2C)ccc1[N+](=O)[O-]. The van der Waals surface area contributed by atoms with Gasteiger partial charge in [-0.2, -0.15) is 0 Å². The number of carbonyl (C=O) groups excluding carboxylic acids is 1. The van der Waals surface area contributed by atoms with E-state index >= 15 is 0 Å². The third-order valence-corrected chi connectivity index (χ3v) is 6.31. The summed E-state index contributed by atoms with van der Waals surface area (Å²) >= 11 is 1.55. The number of hydrogen-bond donors (Lipinski definition) is 1. The topological polar surface area (TPSA) is 85.1 Å². The molecule has 4 aromatic rings. The molecule has 0 saturated heterocycles. The molecule has 0 radical (unpaired) electrons. The lowest BCUT2D eigenvalue weighted by Gasteiger charge is -2.06. The Hall–Kier alpha value is -3.58. The molecule has 4 rings (SSSR count). The van der Waals surface area contributed by atoms with Crippen molar-refractivity contribution in [3.8, 4) is 0 Å². The summed E-state index contributed by atoms with van der Waals surface area (Å²) in [5.74, 6) is -0.170. The van der Waals surface area contributed by atoms with Gasteiger partial charge in [0.15, 0.2) is 0 Å². The van der Waals surface area contributed by atoms with Gasteiger partial charge in [0.2, 0.25) is 5.91 Å². The largest absolute Gasteiger partial charge is 0.326 e. The Labute approximate surface area is 183 Å². The summed E-state index contributed by atoms with van der Waals surface area (Å²) in [7, 11) is 0. The van der Waals surface area contributed by atoms with Gasteiger partial charge in [-0.15, -0.1) is 11.3 Å². The lowest BCUT2D eigenvalue weighted by molar-refractivity contribution is -0.385. The average molecular weight is 432 g/mol. The van der Waals surface area contributed by atoms with E-state index in [0.29, 0.717) is 11.3 Å². The zero-order chi connectivity index (χ0) is 22.0. The highest BCUT2D eigenvalue weighted by Gasteiger charge is 2.15. The van der Waals surface area contributed by atoms with E-state index in [1.807, 2.05) is 19.1 Å². The van der Waals surface area contributed by atoms with Gasteiger partial charge in [-0.05, 0) is 42.3 Å². The normalized spacial score (nSPS) is 10.9. The van der Waals surface area contributed by atoms with Gasteiger partial charge in [-0.3, -0.25) is 14.9 Å². The first-order valence-electron chi connectivity index (χ1n) is 9.87. The summed E-state index contributed by atoms with van der Waals surface area (Å²) in [6, 6.07) is 19.1. The van der Waals surface area contributed by atoms with Crippen LogP contribution < -0.4 is 5.32 Å². The van der Waals surface area contributed by atoms with Crippen molar-refractivity contribution in [2.45, 2.75) is 26.7 Å². The van der Waals surface area contributed by atoms with E-state index in [9.17, 15) is 14.9 Å². The molecule has 1 heterocycles. The third-order valence-electron chi connectivity index (χ3n) is 5.16. The molecule has 1 amide bonds. The molecule has 0 saturated carbocycles. The Kier molecular flexibility index (Phi) is 5.77. The average Bonchev–Trinajstić information content (AvgIpc) is 3.06. The lowest BCUT2D eigenvalue weighted by Crippen LogP contribution is -2.14. The van der Waals surface area contributed by atoms with Crippen LogP contribution in [-0.4, -0.2) is 15.8 Å². The summed E-state index contributed by atoms with van der Waals surface area (Å²) in [6.45, 7) is 3.57. The van der Waals surface area contributed by atoms with E-state index in [1.165, 1.54) is 22.4 Å². The van der Waals surface area contributed by atoms with Crippen LogP contribution in [0.4, 0.5) is 11.4 Å². The number of hydrogen-bond acceptors (Lipinski definition) is 5. The molecular formula is C24H21N3O3S. The van der Waals surface area contributed by atoms with E-state index in [2.05, 4.69) is 40.6 Å². The van der Waals surface area contributed by atoms with E-state index in [4.69, 9.17) is 0 Å². The molecule has 156 valence electrons. The van der Waals surface area contributed by atoms with Gasteiger partial charge in [0, 0.05) is 28.6 Å². The van der Waals surface area contributed by atoms with Gasteiger partial charge in [0.05, 0.1) is 22.0 Å². The minimum Gasteiger partial charge on any atom is -0.326 e. The highest BCUT2D eigenvalue weighted by molar-refractivity contribution is 7.11. The van der Waals surface area contributed by atoms with Gasteiger partial charge in [0.25, 0.3) is 5.69 Å². The molecule has 0 aliphatic heterocycles. The minimum absolute atomic E-state index is 0.0365. The van der Waals surface area contributed by atoms with Crippen LogP contribution in [-0.2, 0) is 17.6 Å². The van der Waals surface area contributed by atoms with Crippen LogP contribution >= 0.6 is 11.3 Å². The van der Waals surface area contributed by atoms with Crippen LogP contribution in [0.3, 0.4) is 0 Å². The van der Waals surface area contributed by atoms with Crippen molar-refractivity contribution >= 4 is 39.4 Å². The molecule has 6 nitrogen and oxygen atoms in total. The van der Waals surface area contributed by atoms with Gasteiger partial charge >= 0.3 is 0 Å². The van der Waals surface area contributed by atoms with Crippen LogP contribution in [0.25, 0.3) is 10.8 Å². The summed E-state index contributed by atoms with van der Waals surface area (Å²) in [4.78, 5) is 28.7. The first-order chi connectivity index (χ1) is 14.9. The van der Waals surface area contributed by atoms with Crippen molar-refractivity contribution in [1.29, 1.82) is 0 Å². The molecule has 0 aliphatic carbocycles. The second kappa shape index (κ2) is 8.65. The lowest BCUT2D eigenvalue weighted by atomic mass is 10.0. The molecule has 0 spiro atoms. The first kappa shape index (κ1) is 20.7. The number of fused-ring (bicyclic) bond motifs is 1. The molecule has 1 aromatic heterocycles. The Bertz CT molecular complexity index is 1290. The summed E-state index contributed by atoms with van der Waals surface area (Å²) < 4.78 is 0. The molecule has 0 unspecified atom stereocenters. The second-order valence-corrected chi connectivity index (χ2v) is 8.58. The Balaban J connectivity index is 1.47. The minimum atomic E-state index is -0.431. The highest BCUT2D eigenvalue weighted by Crippen LogP contribution is 2.26. The second-order valence-electron chi connectivity index (χ2n) is 7.41. The molecule has 7 heteroatoms. The van der Waals surface area contributed by atoms with Crippen molar-refractivity contribution in [3.63, 3.8) is 0 Å². The molecule has 0 bridgehead atoms.